The quantitative estimate of drug-likeness (QED) is 0.449. The third-order valence-electron chi connectivity index (χ3n) is 6.26. The van der Waals surface area contributed by atoms with E-state index in [2.05, 4.69) is 33.5 Å². The molecule has 5 rings (SSSR count). The molecule has 1 amide bonds. The molecule has 34 heavy (non-hydrogen) atoms. The molecular weight excluding hydrogens is 468 g/mol. The van der Waals surface area contributed by atoms with Gasteiger partial charge in [0.1, 0.15) is 0 Å². The van der Waals surface area contributed by atoms with Crippen molar-refractivity contribution in [1.29, 1.82) is 0 Å². The molecule has 176 valence electrons. The number of sulfone groups is 1. The van der Waals surface area contributed by atoms with Crippen LogP contribution < -0.4 is 10.2 Å². The summed E-state index contributed by atoms with van der Waals surface area (Å²) in [6, 6.07) is 15.3. The number of aryl methyl sites for hydroxylation is 1. The summed E-state index contributed by atoms with van der Waals surface area (Å²) in [6.45, 7) is 3.72. The predicted molar refractivity (Wildman–Crippen MR) is 136 cm³/mol. The van der Waals surface area contributed by atoms with Crippen molar-refractivity contribution in [3.8, 4) is 0 Å². The summed E-state index contributed by atoms with van der Waals surface area (Å²) in [4.78, 5) is 25.7. The summed E-state index contributed by atoms with van der Waals surface area (Å²) in [5.41, 5.74) is 1.39. The Bertz CT molecular complexity index is 1460. The van der Waals surface area contributed by atoms with Crippen LogP contribution in [0, 0.1) is 12.8 Å². The van der Waals surface area contributed by atoms with Crippen molar-refractivity contribution in [3.05, 3.63) is 59.1 Å². The largest absolute Gasteiger partial charge is 0.351 e. The minimum atomic E-state index is -3.33. The van der Waals surface area contributed by atoms with E-state index < -0.39 is 9.84 Å². The standard InChI is InChI=1S/C25H26N4O3S2/c1-16-21-10-9-20(34(2,31)32)13-22(21)28-25(27-16)29-11-5-7-18(15-29)24(30)26-14-19-12-17-6-3-4-8-23(17)33-19/h3-4,6,8-10,12-13,18H,5,7,11,14-15H2,1-2H3,(H,26,30)/t18-/m1/s1. The number of anilines is 1. The summed E-state index contributed by atoms with van der Waals surface area (Å²) in [5, 5.41) is 5.13. The van der Waals surface area contributed by atoms with Gasteiger partial charge in [-0.15, -0.1) is 11.3 Å². The monoisotopic (exact) mass is 494 g/mol. The lowest BCUT2D eigenvalue weighted by Gasteiger charge is -2.32. The number of amides is 1. The SMILES string of the molecule is Cc1nc(N2CCC[C@@H](C(=O)NCc3cc4ccccc4s3)C2)nc2cc(S(C)(=O)=O)ccc12. The minimum absolute atomic E-state index is 0.0408. The van der Waals surface area contributed by atoms with Crippen LogP contribution in [0.5, 0.6) is 0 Å². The first-order valence-corrected chi connectivity index (χ1v) is 14.0. The number of hydrogen-bond donors (Lipinski definition) is 1. The number of thiophene rings is 1. The number of piperidine rings is 1. The zero-order valence-corrected chi connectivity index (χ0v) is 20.7. The van der Waals surface area contributed by atoms with Crippen LogP contribution in [0.1, 0.15) is 23.4 Å². The highest BCUT2D eigenvalue weighted by Gasteiger charge is 2.27. The number of nitrogens with zero attached hydrogens (tertiary/aromatic N) is 3. The molecule has 1 aliphatic rings. The molecule has 4 aromatic rings. The lowest BCUT2D eigenvalue weighted by Crippen LogP contribution is -2.43. The number of aromatic nitrogens is 2. The second-order valence-corrected chi connectivity index (χ2v) is 12.0. The molecule has 7 nitrogen and oxygen atoms in total. The van der Waals surface area contributed by atoms with Crippen LogP contribution in [0.2, 0.25) is 0 Å². The number of benzene rings is 2. The first-order valence-electron chi connectivity index (χ1n) is 11.3. The van der Waals surface area contributed by atoms with E-state index in [-0.39, 0.29) is 16.7 Å². The van der Waals surface area contributed by atoms with Gasteiger partial charge in [-0.3, -0.25) is 4.79 Å². The van der Waals surface area contributed by atoms with Crippen LogP contribution in [0.3, 0.4) is 0 Å². The van der Waals surface area contributed by atoms with E-state index in [0.717, 1.165) is 35.3 Å². The van der Waals surface area contributed by atoms with Crippen molar-refractivity contribution in [2.24, 2.45) is 5.92 Å². The van der Waals surface area contributed by atoms with Gasteiger partial charge in [0.05, 0.1) is 28.6 Å². The summed E-state index contributed by atoms with van der Waals surface area (Å²) in [6.07, 6.45) is 2.88. The van der Waals surface area contributed by atoms with Crippen molar-refractivity contribution < 1.29 is 13.2 Å². The molecule has 9 heteroatoms. The highest BCUT2D eigenvalue weighted by molar-refractivity contribution is 7.90. The van der Waals surface area contributed by atoms with Crippen LogP contribution >= 0.6 is 11.3 Å². The number of carbonyl (C=O) groups excluding carboxylic acids is 1. The van der Waals surface area contributed by atoms with Crippen LogP contribution in [0.25, 0.3) is 21.0 Å². The molecule has 0 saturated carbocycles. The Hall–Kier alpha value is -3.04. The summed E-state index contributed by atoms with van der Waals surface area (Å²) < 4.78 is 25.2. The van der Waals surface area contributed by atoms with Gasteiger partial charge in [0, 0.05) is 34.3 Å². The summed E-state index contributed by atoms with van der Waals surface area (Å²) in [7, 11) is -3.33. The third-order valence-corrected chi connectivity index (χ3v) is 8.49. The van der Waals surface area contributed by atoms with E-state index in [1.165, 1.54) is 16.3 Å². The van der Waals surface area contributed by atoms with Crippen molar-refractivity contribution in [1.82, 2.24) is 15.3 Å². The van der Waals surface area contributed by atoms with Gasteiger partial charge < -0.3 is 10.2 Å². The van der Waals surface area contributed by atoms with Crippen molar-refractivity contribution in [3.63, 3.8) is 0 Å². The van der Waals surface area contributed by atoms with Gasteiger partial charge in [0.2, 0.25) is 11.9 Å². The lowest BCUT2D eigenvalue weighted by atomic mass is 9.97. The fraction of sp³-hybridized carbons (Fsp3) is 0.320. The third kappa shape index (κ3) is 4.63. The zero-order valence-electron chi connectivity index (χ0n) is 19.1. The molecule has 1 N–H and O–H groups in total. The Labute approximate surface area is 202 Å². The smallest absolute Gasteiger partial charge is 0.226 e. The normalized spacial score (nSPS) is 16.8. The molecule has 0 unspecified atom stereocenters. The molecule has 2 aromatic carbocycles. The van der Waals surface area contributed by atoms with Crippen LogP contribution in [0.15, 0.2) is 53.4 Å². The molecule has 1 saturated heterocycles. The van der Waals surface area contributed by atoms with Gasteiger partial charge in [0.25, 0.3) is 0 Å². The zero-order chi connectivity index (χ0) is 23.9. The van der Waals surface area contributed by atoms with Gasteiger partial charge in [-0.2, -0.15) is 0 Å². The van der Waals surface area contributed by atoms with E-state index in [9.17, 15) is 13.2 Å². The molecule has 0 radical (unpaired) electrons. The average molecular weight is 495 g/mol. The fourth-order valence-corrected chi connectivity index (χ4v) is 6.09. The Morgan fingerprint density at radius 3 is 2.79 bits per heavy atom. The maximum Gasteiger partial charge on any atom is 0.226 e. The van der Waals surface area contributed by atoms with E-state index in [1.807, 2.05) is 24.0 Å². The molecule has 0 aliphatic carbocycles. The first kappa shape index (κ1) is 22.7. The Morgan fingerprint density at radius 2 is 2.00 bits per heavy atom. The topological polar surface area (TPSA) is 92.3 Å². The molecular formula is C25H26N4O3S2. The number of fused-ring (bicyclic) bond motifs is 2. The van der Waals surface area contributed by atoms with Gasteiger partial charge in [-0.1, -0.05) is 18.2 Å². The Morgan fingerprint density at radius 1 is 1.18 bits per heavy atom. The Kier molecular flexibility index (Phi) is 5.99. The maximum atomic E-state index is 13.0. The van der Waals surface area contributed by atoms with Crippen molar-refractivity contribution in [2.75, 3.05) is 24.2 Å². The van der Waals surface area contributed by atoms with Crippen molar-refractivity contribution in [2.45, 2.75) is 31.2 Å². The summed E-state index contributed by atoms with van der Waals surface area (Å²) >= 11 is 1.70. The molecule has 2 aromatic heterocycles. The molecule has 1 aliphatic heterocycles. The molecule has 1 atom stereocenters. The molecule has 0 bridgehead atoms. The second kappa shape index (κ2) is 8.96. The maximum absolute atomic E-state index is 13.0. The van der Waals surface area contributed by atoms with Gasteiger partial charge in [-0.25, -0.2) is 18.4 Å². The van der Waals surface area contributed by atoms with Crippen LogP contribution in [0.4, 0.5) is 5.95 Å². The van der Waals surface area contributed by atoms with Gasteiger partial charge >= 0.3 is 0 Å². The van der Waals surface area contributed by atoms with Crippen LogP contribution in [-0.2, 0) is 21.2 Å². The van der Waals surface area contributed by atoms with E-state index in [0.29, 0.717) is 24.6 Å². The number of rotatable bonds is 5. The van der Waals surface area contributed by atoms with Crippen molar-refractivity contribution >= 4 is 54.0 Å². The van der Waals surface area contributed by atoms with E-state index in [4.69, 9.17) is 0 Å². The number of carbonyl (C=O) groups is 1. The highest BCUT2D eigenvalue weighted by Crippen LogP contribution is 2.27. The summed E-state index contributed by atoms with van der Waals surface area (Å²) in [5.74, 6) is 0.432. The molecule has 1 fully saturated rings. The molecule has 3 heterocycles. The predicted octanol–water partition coefficient (Wildman–Crippen LogP) is 4.09. The van der Waals surface area contributed by atoms with Gasteiger partial charge in [-0.05, 0) is 55.5 Å². The highest BCUT2D eigenvalue weighted by atomic mass is 32.2. The second-order valence-electron chi connectivity index (χ2n) is 8.81. The van der Waals surface area contributed by atoms with E-state index >= 15 is 0 Å². The van der Waals surface area contributed by atoms with Crippen LogP contribution in [-0.4, -0.2) is 43.6 Å². The fourth-order valence-electron chi connectivity index (χ4n) is 4.44. The minimum Gasteiger partial charge on any atom is -0.351 e. The number of hydrogen-bond acceptors (Lipinski definition) is 7. The molecule has 0 spiro atoms. The Balaban J connectivity index is 1.31. The van der Waals surface area contributed by atoms with E-state index in [1.54, 1.807) is 29.5 Å². The lowest BCUT2D eigenvalue weighted by molar-refractivity contribution is -0.125. The average Bonchev–Trinajstić information content (AvgIpc) is 3.25. The first-order chi connectivity index (χ1) is 16.3. The van der Waals surface area contributed by atoms with Gasteiger partial charge in [0.15, 0.2) is 9.84 Å². The number of nitrogens with one attached hydrogen (secondary N) is 1.